The molecule has 3 rings (SSSR count). The van der Waals surface area contributed by atoms with Crippen LogP contribution in [0.4, 0.5) is 5.13 Å². The first kappa shape index (κ1) is 15.6. The molecule has 2 aromatic carbocycles. The standard InChI is InChI=1S/C16H15N3O2S2/c1-12-7-5-6-10-14(12)11-23(20,21)19-16-18-17-15(22-16)13-8-3-2-4-9-13/h2-10H,11H2,1H3,(H,18,19). The second kappa shape index (κ2) is 6.47. The highest BCUT2D eigenvalue weighted by atomic mass is 32.2. The SMILES string of the molecule is Cc1ccccc1CS(=O)(=O)Nc1nnc(-c2ccccc2)s1. The molecule has 1 heterocycles. The van der Waals surface area contributed by atoms with Crippen LogP contribution in [0.15, 0.2) is 54.6 Å². The Morgan fingerprint density at radius 2 is 1.70 bits per heavy atom. The summed E-state index contributed by atoms with van der Waals surface area (Å²) in [7, 11) is -3.52. The van der Waals surface area contributed by atoms with Gasteiger partial charge in [0, 0.05) is 5.56 Å². The Kier molecular flexibility index (Phi) is 4.40. The van der Waals surface area contributed by atoms with Gasteiger partial charge in [0.2, 0.25) is 15.2 Å². The van der Waals surface area contributed by atoms with Gasteiger partial charge < -0.3 is 0 Å². The van der Waals surface area contributed by atoms with Crippen molar-refractivity contribution in [2.24, 2.45) is 0 Å². The molecule has 0 amide bonds. The topological polar surface area (TPSA) is 72.0 Å². The lowest BCUT2D eigenvalue weighted by Gasteiger charge is -2.07. The van der Waals surface area contributed by atoms with Crippen molar-refractivity contribution >= 4 is 26.5 Å². The van der Waals surface area contributed by atoms with Gasteiger partial charge in [-0.25, -0.2) is 8.42 Å². The maximum absolute atomic E-state index is 12.3. The lowest BCUT2D eigenvalue weighted by molar-refractivity contribution is 0.600. The number of aromatic nitrogens is 2. The zero-order chi connectivity index (χ0) is 16.3. The molecule has 0 atom stereocenters. The number of sulfonamides is 1. The van der Waals surface area contributed by atoms with Gasteiger partial charge in [-0.1, -0.05) is 65.9 Å². The third-order valence-electron chi connectivity index (χ3n) is 3.30. The van der Waals surface area contributed by atoms with Crippen LogP contribution in [0.1, 0.15) is 11.1 Å². The van der Waals surface area contributed by atoms with E-state index in [9.17, 15) is 8.42 Å². The van der Waals surface area contributed by atoms with E-state index in [-0.39, 0.29) is 10.9 Å². The molecule has 1 N–H and O–H groups in total. The Bertz CT molecular complexity index is 906. The largest absolute Gasteiger partial charge is 0.257 e. The van der Waals surface area contributed by atoms with Crippen molar-refractivity contribution < 1.29 is 8.42 Å². The second-order valence-electron chi connectivity index (χ2n) is 5.07. The first-order valence-electron chi connectivity index (χ1n) is 6.97. The Morgan fingerprint density at radius 1 is 1.00 bits per heavy atom. The van der Waals surface area contributed by atoms with E-state index in [0.29, 0.717) is 5.01 Å². The fraction of sp³-hybridized carbons (Fsp3) is 0.125. The van der Waals surface area contributed by atoms with E-state index in [1.54, 1.807) is 0 Å². The zero-order valence-corrected chi connectivity index (χ0v) is 14.1. The van der Waals surface area contributed by atoms with Crippen LogP contribution < -0.4 is 4.72 Å². The van der Waals surface area contributed by atoms with E-state index in [1.165, 1.54) is 11.3 Å². The summed E-state index contributed by atoms with van der Waals surface area (Å²) in [4.78, 5) is 0. The average molecular weight is 345 g/mol. The summed E-state index contributed by atoms with van der Waals surface area (Å²) in [5, 5.41) is 8.91. The molecule has 5 nitrogen and oxygen atoms in total. The molecule has 0 radical (unpaired) electrons. The minimum atomic E-state index is -3.52. The van der Waals surface area contributed by atoms with Crippen molar-refractivity contribution in [3.05, 3.63) is 65.7 Å². The third-order valence-corrected chi connectivity index (χ3v) is 5.51. The fourth-order valence-corrected chi connectivity index (χ4v) is 4.37. The summed E-state index contributed by atoms with van der Waals surface area (Å²) in [6, 6.07) is 16.9. The maximum atomic E-state index is 12.3. The zero-order valence-electron chi connectivity index (χ0n) is 12.4. The van der Waals surface area contributed by atoms with Gasteiger partial charge in [-0.2, -0.15) is 0 Å². The predicted octanol–water partition coefficient (Wildman–Crippen LogP) is 3.46. The molecule has 0 aliphatic rings. The predicted molar refractivity (Wildman–Crippen MR) is 92.8 cm³/mol. The summed E-state index contributed by atoms with van der Waals surface area (Å²) >= 11 is 1.22. The van der Waals surface area contributed by atoms with Crippen LogP contribution in [-0.4, -0.2) is 18.6 Å². The van der Waals surface area contributed by atoms with Gasteiger partial charge in [0.05, 0.1) is 5.75 Å². The van der Waals surface area contributed by atoms with Crippen LogP contribution in [0.5, 0.6) is 0 Å². The molecule has 0 aliphatic carbocycles. The van der Waals surface area contributed by atoms with Gasteiger partial charge in [0.1, 0.15) is 5.01 Å². The van der Waals surface area contributed by atoms with E-state index in [2.05, 4.69) is 14.9 Å². The Balaban J connectivity index is 1.77. The van der Waals surface area contributed by atoms with Crippen molar-refractivity contribution in [2.45, 2.75) is 12.7 Å². The number of nitrogens with one attached hydrogen (secondary N) is 1. The van der Waals surface area contributed by atoms with E-state index in [0.717, 1.165) is 16.7 Å². The highest BCUT2D eigenvalue weighted by Gasteiger charge is 2.16. The Hall–Kier alpha value is -2.25. The number of aryl methyl sites for hydroxylation is 1. The van der Waals surface area contributed by atoms with E-state index in [4.69, 9.17) is 0 Å². The van der Waals surface area contributed by atoms with Crippen molar-refractivity contribution in [2.75, 3.05) is 4.72 Å². The molecule has 0 unspecified atom stereocenters. The summed E-state index contributed by atoms with van der Waals surface area (Å²) < 4.78 is 27.1. The van der Waals surface area contributed by atoms with E-state index < -0.39 is 10.0 Å². The summed E-state index contributed by atoms with van der Waals surface area (Å²) in [6.07, 6.45) is 0. The van der Waals surface area contributed by atoms with Crippen LogP contribution in [0.3, 0.4) is 0 Å². The number of anilines is 1. The lowest BCUT2D eigenvalue weighted by atomic mass is 10.1. The van der Waals surface area contributed by atoms with Gasteiger partial charge in [0.25, 0.3) is 0 Å². The van der Waals surface area contributed by atoms with Crippen molar-refractivity contribution in [1.29, 1.82) is 0 Å². The molecule has 0 saturated heterocycles. The molecule has 0 bridgehead atoms. The van der Waals surface area contributed by atoms with Gasteiger partial charge in [0.15, 0.2) is 0 Å². The number of hydrogen-bond donors (Lipinski definition) is 1. The molecular formula is C16H15N3O2S2. The molecule has 3 aromatic rings. The number of hydrogen-bond acceptors (Lipinski definition) is 5. The number of nitrogens with zero attached hydrogens (tertiary/aromatic N) is 2. The van der Waals surface area contributed by atoms with Gasteiger partial charge in [-0.05, 0) is 18.1 Å². The van der Waals surface area contributed by atoms with E-state index >= 15 is 0 Å². The summed E-state index contributed by atoms with van der Waals surface area (Å²) in [6.45, 7) is 1.89. The Morgan fingerprint density at radius 3 is 2.43 bits per heavy atom. The summed E-state index contributed by atoms with van der Waals surface area (Å²) in [5.41, 5.74) is 2.63. The van der Waals surface area contributed by atoms with Crippen molar-refractivity contribution in [3.8, 4) is 10.6 Å². The maximum Gasteiger partial charge on any atom is 0.238 e. The molecule has 0 saturated carbocycles. The smallest absolute Gasteiger partial charge is 0.238 e. The average Bonchev–Trinajstić information content (AvgIpc) is 2.98. The summed E-state index contributed by atoms with van der Waals surface area (Å²) in [5.74, 6) is -0.0834. The van der Waals surface area contributed by atoms with Crippen molar-refractivity contribution in [1.82, 2.24) is 10.2 Å². The van der Waals surface area contributed by atoms with Crippen LogP contribution in [0.25, 0.3) is 10.6 Å². The van der Waals surface area contributed by atoms with Crippen LogP contribution in [0.2, 0.25) is 0 Å². The molecule has 0 fully saturated rings. The molecular weight excluding hydrogens is 330 g/mol. The molecule has 118 valence electrons. The lowest BCUT2D eigenvalue weighted by Crippen LogP contribution is -2.15. The van der Waals surface area contributed by atoms with E-state index in [1.807, 2.05) is 61.5 Å². The van der Waals surface area contributed by atoms with Crippen LogP contribution >= 0.6 is 11.3 Å². The molecule has 23 heavy (non-hydrogen) atoms. The van der Waals surface area contributed by atoms with Gasteiger partial charge in [-0.3, -0.25) is 4.72 Å². The Labute approximate surface area is 139 Å². The highest BCUT2D eigenvalue weighted by Crippen LogP contribution is 2.27. The molecule has 7 heteroatoms. The first-order valence-corrected chi connectivity index (χ1v) is 9.44. The van der Waals surface area contributed by atoms with Gasteiger partial charge in [-0.15, -0.1) is 10.2 Å². The van der Waals surface area contributed by atoms with Gasteiger partial charge >= 0.3 is 0 Å². The minimum absolute atomic E-state index is 0.0834. The minimum Gasteiger partial charge on any atom is -0.257 e. The molecule has 0 aliphatic heterocycles. The third kappa shape index (κ3) is 3.94. The first-order chi connectivity index (χ1) is 11.0. The molecule has 0 spiro atoms. The van der Waals surface area contributed by atoms with Crippen molar-refractivity contribution in [3.63, 3.8) is 0 Å². The molecule has 1 aromatic heterocycles. The fourth-order valence-electron chi connectivity index (χ4n) is 2.11. The number of rotatable bonds is 5. The monoisotopic (exact) mass is 345 g/mol. The number of benzene rings is 2. The highest BCUT2D eigenvalue weighted by molar-refractivity contribution is 7.92. The normalized spacial score (nSPS) is 11.3. The van der Waals surface area contributed by atoms with Crippen LogP contribution in [-0.2, 0) is 15.8 Å². The van der Waals surface area contributed by atoms with Crippen LogP contribution in [0, 0.1) is 6.92 Å². The quantitative estimate of drug-likeness (QED) is 0.769. The second-order valence-corrected chi connectivity index (χ2v) is 7.77.